The molecule has 5 heteroatoms. The molecule has 0 spiro atoms. The molecule has 0 heterocycles. The molecule has 0 aromatic heterocycles. The van der Waals surface area contributed by atoms with Crippen LogP contribution in [-0.2, 0) is 0 Å². The topological polar surface area (TPSA) is 52.5 Å². The van der Waals surface area contributed by atoms with Crippen LogP contribution in [0.3, 0.4) is 0 Å². The summed E-state index contributed by atoms with van der Waals surface area (Å²) in [5, 5.41) is 21.1. The Balaban J connectivity index is 3.00. The van der Waals surface area contributed by atoms with Crippen molar-refractivity contribution >= 4 is 11.6 Å². The smallest absolute Gasteiger partial charge is 0.145 e. The molecule has 0 fully saturated rings. The number of halogens is 2. The van der Waals surface area contributed by atoms with Crippen molar-refractivity contribution in [2.24, 2.45) is 0 Å². The molecule has 0 radical (unpaired) electrons. The minimum atomic E-state index is -0.863. The van der Waals surface area contributed by atoms with E-state index in [4.69, 9.17) is 11.6 Å². The summed E-state index contributed by atoms with van der Waals surface area (Å²) >= 11 is 5.41. The first-order chi connectivity index (χ1) is 6.56. The summed E-state index contributed by atoms with van der Waals surface area (Å²) in [6.45, 7) is 0.278. The second-order valence-corrected chi connectivity index (χ2v) is 3.29. The zero-order chi connectivity index (χ0) is 10.7. The molecule has 0 aliphatic heterocycles. The van der Waals surface area contributed by atoms with Crippen molar-refractivity contribution in [3.8, 4) is 5.75 Å². The van der Waals surface area contributed by atoms with Crippen molar-refractivity contribution < 1.29 is 14.6 Å². The highest BCUT2D eigenvalue weighted by Crippen LogP contribution is 2.29. The first-order valence-corrected chi connectivity index (χ1v) is 4.44. The zero-order valence-corrected chi connectivity index (χ0v) is 8.35. The number of hydrogen-bond acceptors (Lipinski definition) is 3. The molecule has 3 nitrogen and oxygen atoms in total. The summed E-state index contributed by atoms with van der Waals surface area (Å²) < 4.78 is 13.0. The molecule has 0 aliphatic rings. The van der Waals surface area contributed by atoms with Crippen LogP contribution in [0.15, 0.2) is 12.1 Å². The Hall–Kier alpha value is -0.840. The van der Waals surface area contributed by atoms with E-state index in [9.17, 15) is 14.6 Å². The van der Waals surface area contributed by atoms with Gasteiger partial charge in [-0.05, 0) is 24.7 Å². The average Bonchev–Trinajstić information content (AvgIpc) is 2.13. The van der Waals surface area contributed by atoms with E-state index in [2.05, 4.69) is 5.32 Å². The lowest BCUT2D eigenvalue weighted by molar-refractivity contribution is 0.177. The van der Waals surface area contributed by atoms with Crippen LogP contribution in [0.25, 0.3) is 0 Å². The van der Waals surface area contributed by atoms with Gasteiger partial charge in [0.05, 0.1) is 6.10 Å². The molecule has 0 saturated carbocycles. The largest absolute Gasteiger partial charge is 0.506 e. The van der Waals surface area contributed by atoms with Crippen LogP contribution in [0.1, 0.15) is 11.7 Å². The van der Waals surface area contributed by atoms with E-state index in [0.29, 0.717) is 5.56 Å². The second-order valence-electron chi connectivity index (χ2n) is 2.91. The maximum atomic E-state index is 13.0. The van der Waals surface area contributed by atoms with Crippen LogP contribution in [0.2, 0.25) is 5.02 Å². The van der Waals surface area contributed by atoms with Gasteiger partial charge < -0.3 is 15.5 Å². The van der Waals surface area contributed by atoms with Crippen LogP contribution in [-0.4, -0.2) is 23.8 Å². The molecule has 1 rings (SSSR count). The lowest BCUT2D eigenvalue weighted by atomic mass is 10.1. The van der Waals surface area contributed by atoms with Crippen molar-refractivity contribution in [3.05, 3.63) is 28.5 Å². The third-order valence-electron chi connectivity index (χ3n) is 1.81. The summed E-state index contributed by atoms with van der Waals surface area (Å²) in [5.74, 6) is -1.10. The number of phenolic OH excluding ortho intramolecular Hbond substituents is 1. The van der Waals surface area contributed by atoms with Gasteiger partial charge in [-0.3, -0.25) is 0 Å². The van der Waals surface area contributed by atoms with Crippen LogP contribution in [0.4, 0.5) is 4.39 Å². The molecule has 1 aromatic rings. The zero-order valence-electron chi connectivity index (χ0n) is 7.59. The molecular weight excluding hydrogens is 209 g/mol. The first-order valence-electron chi connectivity index (χ1n) is 4.06. The number of aliphatic hydroxyl groups excluding tert-OH is 1. The minimum Gasteiger partial charge on any atom is -0.506 e. The van der Waals surface area contributed by atoms with Gasteiger partial charge in [0.25, 0.3) is 0 Å². The molecule has 3 N–H and O–H groups in total. The fourth-order valence-corrected chi connectivity index (χ4v) is 1.21. The van der Waals surface area contributed by atoms with E-state index in [-0.39, 0.29) is 17.3 Å². The van der Waals surface area contributed by atoms with Gasteiger partial charge in [-0.15, -0.1) is 0 Å². The first kappa shape index (κ1) is 11.2. The van der Waals surface area contributed by atoms with Crippen molar-refractivity contribution in [2.45, 2.75) is 6.10 Å². The highest BCUT2D eigenvalue weighted by molar-refractivity contribution is 6.32. The quantitative estimate of drug-likeness (QED) is 0.721. The Labute approximate surface area is 86.1 Å². The Kier molecular flexibility index (Phi) is 3.69. The number of benzene rings is 1. The molecule has 0 saturated heterocycles. The predicted molar refractivity (Wildman–Crippen MR) is 52.0 cm³/mol. The summed E-state index contributed by atoms with van der Waals surface area (Å²) in [6.07, 6.45) is -0.863. The van der Waals surface area contributed by atoms with Crippen molar-refractivity contribution in [2.75, 3.05) is 13.6 Å². The van der Waals surface area contributed by atoms with Gasteiger partial charge in [-0.1, -0.05) is 11.6 Å². The fourth-order valence-electron chi connectivity index (χ4n) is 1.10. The van der Waals surface area contributed by atoms with Crippen molar-refractivity contribution in [3.63, 3.8) is 0 Å². The van der Waals surface area contributed by atoms with Gasteiger partial charge in [0.15, 0.2) is 0 Å². The molecule has 1 aromatic carbocycles. The van der Waals surface area contributed by atoms with E-state index in [1.54, 1.807) is 7.05 Å². The predicted octanol–water partition coefficient (Wildman–Crippen LogP) is 1.44. The number of phenols is 1. The van der Waals surface area contributed by atoms with Gasteiger partial charge in [-0.25, -0.2) is 4.39 Å². The number of likely N-dealkylation sites (N-methyl/N-ethyl adjacent to an activating group) is 1. The van der Waals surface area contributed by atoms with E-state index in [1.165, 1.54) is 6.07 Å². The fraction of sp³-hybridized carbons (Fsp3) is 0.333. The maximum Gasteiger partial charge on any atom is 0.145 e. The molecular formula is C9H11ClFNO2. The van der Waals surface area contributed by atoms with E-state index < -0.39 is 11.9 Å². The van der Waals surface area contributed by atoms with Crippen molar-refractivity contribution in [1.82, 2.24) is 5.32 Å². The lowest BCUT2D eigenvalue weighted by Crippen LogP contribution is -2.16. The van der Waals surface area contributed by atoms with E-state index in [0.717, 1.165) is 6.07 Å². The van der Waals surface area contributed by atoms with Gasteiger partial charge in [0.1, 0.15) is 16.6 Å². The van der Waals surface area contributed by atoms with Gasteiger partial charge in [0.2, 0.25) is 0 Å². The van der Waals surface area contributed by atoms with Crippen molar-refractivity contribution in [1.29, 1.82) is 0 Å². The summed E-state index contributed by atoms with van der Waals surface area (Å²) in [4.78, 5) is 0. The maximum absolute atomic E-state index is 13.0. The number of nitrogens with one attached hydrogen (secondary N) is 1. The van der Waals surface area contributed by atoms with E-state index in [1.807, 2.05) is 0 Å². The molecule has 14 heavy (non-hydrogen) atoms. The highest BCUT2D eigenvalue weighted by Gasteiger charge is 2.13. The Morgan fingerprint density at radius 2 is 2.21 bits per heavy atom. The van der Waals surface area contributed by atoms with Crippen LogP contribution < -0.4 is 5.32 Å². The second kappa shape index (κ2) is 4.59. The molecule has 0 aliphatic carbocycles. The minimum absolute atomic E-state index is 0.278. The third kappa shape index (κ3) is 2.35. The molecule has 0 bridgehead atoms. The third-order valence-corrected chi connectivity index (χ3v) is 2.19. The number of aromatic hydroxyl groups is 1. The SMILES string of the molecule is CNCC(O)c1cc(O)c(Cl)c(F)c1. The Morgan fingerprint density at radius 1 is 1.57 bits per heavy atom. The molecule has 1 unspecified atom stereocenters. The van der Waals surface area contributed by atoms with Gasteiger partial charge in [0, 0.05) is 6.54 Å². The number of aliphatic hydroxyl groups is 1. The molecule has 78 valence electrons. The molecule has 0 amide bonds. The highest BCUT2D eigenvalue weighted by atomic mass is 35.5. The lowest BCUT2D eigenvalue weighted by Gasteiger charge is -2.11. The van der Waals surface area contributed by atoms with E-state index >= 15 is 0 Å². The monoisotopic (exact) mass is 219 g/mol. The van der Waals surface area contributed by atoms with Crippen LogP contribution in [0.5, 0.6) is 5.75 Å². The van der Waals surface area contributed by atoms with Gasteiger partial charge >= 0.3 is 0 Å². The Bertz CT molecular complexity index is 310. The number of rotatable bonds is 3. The van der Waals surface area contributed by atoms with Gasteiger partial charge in [-0.2, -0.15) is 0 Å². The van der Waals surface area contributed by atoms with Crippen LogP contribution in [0, 0.1) is 5.82 Å². The normalized spacial score (nSPS) is 12.9. The average molecular weight is 220 g/mol. The van der Waals surface area contributed by atoms with Crippen LogP contribution >= 0.6 is 11.6 Å². The summed E-state index contributed by atoms with van der Waals surface area (Å²) in [7, 11) is 1.66. The summed E-state index contributed by atoms with van der Waals surface area (Å²) in [5.41, 5.74) is 0.291. The number of hydrogen-bond donors (Lipinski definition) is 3. The Morgan fingerprint density at radius 3 is 2.71 bits per heavy atom. The molecule has 1 atom stereocenters. The summed E-state index contributed by atoms with van der Waals surface area (Å²) in [6, 6.07) is 2.34. The standard InChI is InChI=1S/C9H11ClFNO2/c1-12-4-8(14)5-2-6(11)9(10)7(13)3-5/h2-3,8,12-14H,4H2,1H3.